The molecule has 0 aliphatic heterocycles. The Balaban J connectivity index is 0.00000324. The Morgan fingerprint density at radius 1 is 1.26 bits per heavy atom. The standard InChI is InChI=1S/C13H21O2PS2.Zn/c1-4-6-11-8-9-13(15-16(14,17)18)10(3)12(11)7-5-2;/h8-9H,4-7H2,1-3H3,(H2,14,17,18);/q;+2/p-2. The molecule has 0 aliphatic carbocycles. The van der Waals surface area contributed by atoms with E-state index >= 15 is 0 Å². The molecule has 0 bridgehead atoms. The van der Waals surface area contributed by atoms with Gasteiger partial charge in [-0.15, -0.1) is 0 Å². The van der Waals surface area contributed by atoms with Crippen LogP contribution in [0.4, 0.5) is 0 Å². The van der Waals surface area contributed by atoms with Crippen LogP contribution in [0.2, 0.25) is 0 Å². The maximum absolute atomic E-state index is 11.4. The van der Waals surface area contributed by atoms with Gasteiger partial charge >= 0.3 is 19.5 Å². The molecule has 1 aromatic rings. The molecule has 2 nitrogen and oxygen atoms in total. The molecule has 0 saturated carbocycles. The molecule has 0 saturated heterocycles. The van der Waals surface area contributed by atoms with Crippen molar-refractivity contribution in [3.63, 3.8) is 0 Å². The number of hydrogen-bond donors (Lipinski definition) is 0. The molecule has 6 heteroatoms. The summed E-state index contributed by atoms with van der Waals surface area (Å²) in [6, 6.07) is 3.88. The third-order valence-electron chi connectivity index (χ3n) is 2.88. The van der Waals surface area contributed by atoms with Crippen molar-refractivity contribution >= 4 is 29.7 Å². The summed E-state index contributed by atoms with van der Waals surface area (Å²) in [5.74, 6) is 0.576. The Bertz CT molecular complexity index is 460. The third-order valence-corrected chi connectivity index (χ3v) is 3.74. The van der Waals surface area contributed by atoms with Crippen LogP contribution in [0.25, 0.3) is 0 Å². The Morgan fingerprint density at radius 2 is 1.84 bits per heavy atom. The summed E-state index contributed by atoms with van der Waals surface area (Å²) in [5.41, 5.74) is 0.336. The number of hydrogen-bond acceptors (Lipinski definition) is 4. The average Bonchev–Trinajstić information content (AvgIpc) is 2.26. The minimum Gasteiger partial charge on any atom is -0.809 e. The van der Waals surface area contributed by atoms with Crippen molar-refractivity contribution in [3.05, 3.63) is 28.8 Å². The zero-order valence-electron chi connectivity index (χ0n) is 11.8. The Hall–Kier alpha value is 0.603. The Labute approximate surface area is 139 Å². The second-order valence-electron chi connectivity index (χ2n) is 4.36. The van der Waals surface area contributed by atoms with Gasteiger partial charge < -0.3 is 21.7 Å². The molecule has 1 unspecified atom stereocenters. The van der Waals surface area contributed by atoms with Crippen molar-refractivity contribution in [2.24, 2.45) is 0 Å². The first-order valence-electron chi connectivity index (χ1n) is 6.22. The van der Waals surface area contributed by atoms with Gasteiger partial charge in [0.2, 0.25) is 0 Å². The molecule has 0 spiro atoms. The quantitative estimate of drug-likeness (QED) is 0.438. The van der Waals surface area contributed by atoms with E-state index in [-0.39, 0.29) is 19.5 Å². The normalized spacial score (nSPS) is 13.5. The Kier molecular flexibility index (Phi) is 9.07. The zero-order chi connectivity index (χ0) is 13.8. The van der Waals surface area contributed by atoms with Crippen molar-refractivity contribution in [3.8, 4) is 5.75 Å². The van der Waals surface area contributed by atoms with E-state index in [4.69, 9.17) is 4.52 Å². The summed E-state index contributed by atoms with van der Waals surface area (Å²) >= 11 is 9.33. The summed E-state index contributed by atoms with van der Waals surface area (Å²) < 4.78 is 5.24. The van der Waals surface area contributed by atoms with Crippen molar-refractivity contribution in [2.75, 3.05) is 0 Å². The molecule has 0 aliphatic rings. The first-order valence-corrected chi connectivity index (χ1v) is 9.87. The van der Waals surface area contributed by atoms with Crippen LogP contribution in [-0.4, -0.2) is 0 Å². The average molecular weight is 368 g/mol. The number of aryl methyl sites for hydroxylation is 1. The molecule has 102 valence electrons. The first-order chi connectivity index (χ1) is 8.39. The van der Waals surface area contributed by atoms with Crippen LogP contribution in [-0.2, 0) is 56.4 Å². The molecule has 0 radical (unpaired) electrons. The van der Waals surface area contributed by atoms with E-state index in [1.54, 1.807) is 0 Å². The van der Waals surface area contributed by atoms with E-state index in [2.05, 4.69) is 37.9 Å². The van der Waals surface area contributed by atoms with Gasteiger partial charge in [-0.3, -0.25) is 0 Å². The fourth-order valence-electron chi connectivity index (χ4n) is 2.11. The van der Waals surface area contributed by atoms with Gasteiger partial charge in [0, 0.05) is 0 Å². The van der Waals surface area contributed by atoms with Crippen LogP contribution in [0.1, 0.15) is 43.4 Å². The van der Waals surface area contributed by atoms with Crippen LogP contribution in [0.15, 0.2) is 12.1 Å². The van der Waals surface area contributed by atoms with Gasteiger partial charge in [-0.1, -0.05) is 50.3 Å². The topological polar surface area (TPSA) is 32.3 Å². The first kappa shape index (κ1) is 19.6. The summed E-state index contributed by atoms with van der Waals surface area (Å²) in [6.45, 7) is 6.30. The summed E-state index contributed by atoms with van der Waals surface area (Å²) in [7, 11) is 0. The largest absolute Gasteiger partial charge is 2.00 e. The van der Waals surface area contributed by atoms with Gasteiger partial charge in [0.15, 0.2) is 0 Å². The maximum atomic E-state index is 11.4. The summed E-state index contributed by atoms with van der Waals surface area (Å²) in [5, 5.41) is 0. The van der Waals surface area contributed by atoms with E-state index < -0.39 is 5.69 Å². The Morgan fingerprint density at radius 3 is 2.32 bits per heavy atom. The predicted molar refractivity (Wildman–Crippen MR) is 81.4 cm³/mol. The molecule has 0 heterocycles. The van der Waals surface area contributed by atoms with Crippen LogP contribution >= 0.6 is 5.69 Å². The molecule has 0 aromatic heterocycles. The van der Waals surface area contributed by atoms with Gasteiger partial charge in [0.05, 0.1) is 0 Å². The molecular weight excluding hydrogens is 349 g/mol. The summed E-state index contributed by atoms with van der Waals surface area (Å²) in [6.07, 6.45) is 4.23. The van der Waals surface area contributed by atoms with Crippen LogP contribution < -0.4 is 9.42 Å². The molecule has 0 amide bonds. The fraction of sp³-hybridized carbons (Fsp3) is 0.538. The molecular formula is C13H19O2PS2Zn. The van der Waals surface area contributed by atoms with E-state index in [9.17, 15) is 4.89 Å². The van der Waals surface area contributed by atoms with Crippen LogP contribution in [0, 0.1) is 6.92 Å². The van der Waals surface area contributed by atoms with Gasteiger partial charge in [0.25, 0.3) is 0 Å². The molecule has 1 atom stereocenters. The van der Waals surface area contributed by atoms with Crippen LogP contribution in [0.5, 0.6) is 5.75 Å². The second-order valence-corrected chi connectivity index (χ2v) is 9.02. The van der Waals surface area contributed by atoms with Crippen molar-refractivity contribution in [1.82, 2.24) is 0 Å². The predicted octanol–water partition coefficient (Wildman–Crippen LogP) is 3.41. The third kappa shape index (κ3) is 6.27. The van der Waals surface area contributed by atoms with E-state index in [0.717, 1.165) is 31.2 Å². The van der Waals surface area contributed by atoms with Crippen molar-refractivity contribution in [1.29, 1.82) is 0 Å². The van der Waals surface area contributed by atoms with Gasteiger partial charge in [-0.25, -0.2) is 0 Å². The SMILES string of the molecule is CCCc1ccc(OP([O-])(=S)[S-])c(C)c1CCC.[Zn+2]. The van der Waals surface area contributed by atoms with E-state index in [1.165, 1.54) is 11.1 Å². The second kappa shape index (κ2) is 8.79. The smallest absolute Gasteiger partial charge is 0.809 e. The molecule has 19 heavy (non-hydrogen) atoms. The number of benzene rings is 1. The van der Waals surface area contributed by atoms with Crippen molar-refractivity contribution < 1.29 is 28.9 Å². The molecule has 0 fully saturated rings. The van der Waals surface area contributed by atoms with Gasteiger partial charge in [0.1, 0.15) is 5.75 Å². The number of rotatable bonds is 6. The molecule has 0 N–H and O–H groups in total. The molecule has 1 rings (SSSR count). The fourth-order valence-corrected chi connectivity index (χ4v) is 3.03. The van der Waals surface area contributed by atoms with Gasteiger partial charge in [-0.2, -0.15) is 0 Å². The van der Waals surface area contributed by atoms with Crippen molar-refractivity contribution in [2.45, 2.75) is 46.5 Å². The van der Waals surface area contributed by atoms with E-state index in [0.29, 0.717) is 5.75 Å². The molecule has 1 aromatic carbocycles. The van der Waals surface area contributed by atoms with Crippen LogP contribution in [0.3, 0.4) is 0 Å². The maximum Gasteiger partial charge on any atom is 2.00 e. The minimum atomic E-state index is -3.32. The monoisotopic (exact) mass is 366 g/mol. The van der Waals surface area contributed by atoms with E-state index in [1.807, 2.05) is 19.1 Å². The summed E-state index contributed by atoms with van der Waals surface area (Å²) in [4.78, 5) is 11.4. The minimum absolute atomic E-state index is 0. The zero-order valence-corrected chi connectivity index (χ0v) is 17.3. The van der Waals surface area contributed by atoms with Gasteiger partial charge in [-0.05, 0) is 42.5 Å².